The van der Waals surface area contributed by atoms with Crippen molar-refractivity contribution in [3.8, 4) is 0 Å². The Bertz CT molecular complexity index is 617. The van der Waals surface area contributed by atoms with Gasteiger partial charge in [-0.1, -0.05) is 5.16 Å². The maximum absolute atomic E-state index is 12.7. The molecule has 8 heteroatoms. The van der Waals surface area contributed by atoms with Gasteiger partial charge >= 0.3 is 6.03 Å². The fraction of sp³-hybridized carbons (Fsp3) is 0.850. The first-order valence-electron chi connectivity index (χ1n) is 10.6. The summed E-state index contributed by atoms with van der Waals surface area (Å²) in [6, 6.07) is 0.126. The predicted molar refractivity (Wildman–Crippen MR) is 104 cm³/mol. The summed E-state index contributed by atoms with van der Waals surface area (Å²) in [4.78, 5) is 21.3. The lowest BCUT2D eigenvalue weighted by Crippen LogP contribution is -2.50. The molecule has 2 fully saturated rings. The first kappa shape index (κ1) is 21.0. The molecular formula is C20H34N4O4. The van der Waals surface area contributed by atoms with Crippen LogP contribution in [0.5, 0.6) is 0 Å². The Morgan fingerprint density at radius 3 is 2.54 bits per heavy atom. The van der Waals surface area contributed by atoms with Crippen LogP contribution in [0.4, 0.5) is 4.79 Å². The zero-order chi connectivity index (χ0) is 20.0. The molecule has 0 aromatic carbocycles. The van der Waals surface area contributed by atoms with Crippen molar-refractivity contribution in [1.82, 2.24) is 19.9 Å². The van der Waals surface area contributed by atoms with Crippen molar-refractivity contribution in [2.24, 2.45) is 0 Å². The van der Waals surface area contributed by atoms with Crippen LogP contribution in [0.25, 0.3) is 0 Å². The summed E-state index contributed by atoms with van der Waals surface area (Å²) in [7, 11) is 1.72. The lowest BCUT2D eigenvalue weighted by atomic mass is 9.75. The summed E-state index contributed by atoms with van der Waals surface area (Å²) in [5.41, 5.74) is -0.192. The van der Waals surface area contributed by atoms with Crippen molar-refractivity contribution in [3.63, 3.8) is 0 Å². The number of amides is 2. The monoisotopic (exact) mass is 394 g/mol. The van der Waals surface area contributed by atoms with Crippen LogP contribution in [-0.4, -0.2) is 79.1 Å². The molecule has 2 aliphatic heterocycles. The minimum atomic E-state index is -0.192. The van der Waals surface area contributed by atoms with Crippen LogP contribution >= 0.6 is 0 Å². The number of rotatable bonds is 7. The third-order valence-corrected chi connectivity index (χ3v) is 6.30. The molecule has 2 amide bonds. The zero-order valence-corrected chi connectivity index (χ0v) is 17.5. The molecule has 1 aromatic heterocycles. The van der Waals surface area contributed by atoms with Crippen LogP contribution in [0.1, 0.15) is 63.6 Å². The number of methoxy groups -OCH3 is 1. The van der Waals surface area contributed by atoms with Gasteiger partial charge in [0.25, 0.3) is 0 Å². The molecule has 0 spiro atoms. The van der Waals surface area contributed by atoms with Gasteiger partial charge in [0, 0.05) is 64.4 Å². The Hall–Kier alpha value is -1.67. The van der Waals surface area contributed by atoms with Crippen LogP contribution in [-0.2, 0) is 14.9 Å². The van der Waals surface area contributed by atoms with E-state index in [0.717, 1.165) is 70.1 Å². The molecule has 3 heterocycles. The average Bonchev–Trinajstić information content (AvgIpc) is 3.25. The van der Waals surface area contributed by atoms with Crippen molar-refractivity contribution in [2.45, 2.75) is 57.3 Å². The molecule has 0 saturated carbocycles. The molecule has 3 rings (SSSR count). The van der Waals surface area contributed by atoms with Gasteiger partial charge in [-0.05, 0) is 46.0 Å². The smallest absolute Gasteiger partial charge is 0.319 e. The summed E-state index contributed by atoms with van der Waals surface area (Å²) in [5, 5.41) is 4.38. The van der Waals surface area contributed by atoms with Gasteiger partial charge in [0.1, 0.15) is 0 Å². The first-order chi connectivity index (χ1) is 13.6. The number of urea groups is 1. The van der Waals surface area contributed by atoms with Crippen LogP contribution in [0.15, 0.2) is 4.52 Å². The second-order valence-electron chi connectivity index (χ2n) is 7.81. The van der Waals surface area contributed by atoms with Crippen LogP contribution < -0.4 is 0 Å². The molecule has 0 atom stereocenters. The number of nitrogens with zero attached hydrogens (tertiary/aromatic N) is 4. The molecule has 0 N–H and O–H groups in total. The van der Waals surface area contributed by atoms with E-state index in [1.807, 2.05) is 23.6 Å². The van der Waals surface area contributed by atoms with E-state index < -0.39 is 0 Å². The van der Waals surface area contributed by atoms with E-state index in [1.54, 1.807) is 7.11 Å². The minimum Gasteiger partial charge on any atom is -0.385 e. The molecule has 2 saturated heterocycles. The zero-order valence-electron chi connectivity index (χ0n) is 17.5. The van der Waals surface area contributed by atoms with Crippen LogP contribution in [0, 0.1) is 0 Å². The second-order valence-corrected chi connectivity index (χ2v) is 7.81. The number of carbonyl (C=O) groups is 1. The molecule has 0 radical (unpaired) electrons. The second kappa shape index (κ2) is 9.69. The maximum atomic E-state index is 12.7. The van der Waals surface area contributed by atoms with Crippen molar-refractivity contribution in [1.29, 1.82) is 0 Å². The molecule has 1 aromatic rings. The molecular weight excluding hydrogens is 360 g/mol. The third-order valence-electron chi connectivity index (χ3n) is 6.30. The van der Waals surface area contributed by atoms with Gasteiger partial charge in [0.05, 0.1) is 0 Å². The number of ether oxygens (including phenoxy) is 2. The average molecular weight is 395 g/mol. The highest BCUT2D eigenvalue weighted by Crippen LogP contribution is 2.38. The minimum absolute atomic E-state index is 0.126. The van der Waals surface area contributed by atoms with Gasteiger partial charge in [-0.3, -0.25) is 0 Å². The number of carbonyl (C=O) groups excluding carboxylic acids is 1. The Balaban J connectivity index is 1.72. The van der Waals surface area contributed by atoms with E-state index in [-0.39, 0.29) is 11.4 Å². The van der Waals surface area contributed by atoms with E-state index >= 15 is 0 Å². The fourth-order valence-electron chi connectivity index (χ4n) is 4.26. The van der Waals surface area contributed by atoms with Gasteiger partial charge < -0.3 is 23.8 Å². The van der Waals surface area contributed by atoms with Gasteiger partial charge in [-0.2, -0.15) is 4.98 Å². The Morgan fingerprint density at radius 2 is 1.93 bits per heavy atom. The molecule has 8 nitrogen and oxygen atoms in total. The SMILES string of the molecule is CCN(CC)C(=O)N1CCC(CCOC)(c2noc(C3CCOCC3)n2)CC1. The van der Waals surface area contributed by atoms with Crippen LogP contribution in [0.2, 0.25) is 0 Å². The highest BCUT2D eigenvalue weighted by atomic mass is 16.5. The summed E-state index contributed by atoms with van der Waals surface area (Å²) >= 11 is 0. The van der Waals surface area contributed by atoms with E-state index in [4.69, 9.17) is 19.0 Å². The van der Waals surface area contributed by atoms with Gasteiger partial charge in [-0.25, -0.2) is 4.79 Å². The fourth-order valence-corrected chi connectivity index (χ4v) is 4.26. The molecule has 28 heavy (non-hydrogen) atoms. The van der Waals surface area contributed by atoms with Gasteiger partial charge in [0.15, 0.2) is 5.82 Å². The maximum Gasteiger partial charge on any atom is 0.319 e. The molecule has 158 valence electrons. The number of piperidine rings is 1. The van der Waals surface area contributed by atoms with E-state index in [0.29, 0.717) is 25.6 Å². The lowest BCUT2D eigenvalue weighted by Gasteiger charge is -2.41. The summed E-state index contributed by atoms with van der Waals surface area (Å²) in [6.45, 7) is 9.07. The Labute approximate surface area is 167 Å². The number of hydrogen-bond acceptors (Lipinski definition) is 6. The molecule has 0 aliphatic carbocycles. The molecule has 0 unspecified atom stereocenters. The number of likely N-dealkylation sites (tertiary alicyclic amines) is 1. The quantitative estimate of drug-likeness (QED) is 0.707. The van der Waals surface area contributed by atoms with Crippen molar-refractivity contribution in [2.75, 3.05) is 53.1 Å². The van der Waals surface area contributed by atoms with E-state index in [9.17, 15) is 4.79 Å². The Kier molecular flexibility index (Phi) is 7.29. The lowest BCUT2D eigenvalue weighted by molar-refractivity contribution is 0.0778. The first-order valence-corrected chi connectivity index (χ1v) is 10.6. The highest BCUT2D eigenvalue weighted by Gasteiger charge is 2.42. The van der Waals surface area contributed by atoms with Gasteiger partial charge in [-0.15, -0.1) is 0 Å². The van der Waals surface area contributed by atoms with Crippen molar-refractivity contribution in [3.05, 3.63) is 11.7 Å². The molecule has 2 aliphatic rings. The predicted octanol–water partition coefficient (Wildman–Crippen LogP) is 2.80. The topological polar surface area (TPSA) is 80.9 Å². The third kappa shape index (κ3) is 4.49. The highest BCUT2D eigenvalue weighted by molar-refractivity contribution is 5.74. The summed E-state index contributed by atoms with van der Waals surface area (Å²) in [6.07, 6.45) is 4.35. The standard InChI is InChI=1S/C20H34N4O4/c1-4-23(5-2)19(25)24-11-8-20(9-12-24,10-15-26-3)18-21-17(28-22-18)16-6-13-27-14-7-16/h16H,4-15H2,1-3H3. The van der Waals surface area contributed by atoms with Crippen molar-refractivity contribution < 1.29 is 18.8 Å². The summed E-state index contributed by atoms with van der Waals surface area (Å²) < 4.78 is 16.5. The normalized spacial score (nSPS) is 20.3. The van der Waals surface area contributed by atoms with Crippen molar-refractivity contribution >= 4 is 6.03 Å². The molecule has 0 bridgehead atoms. The van der Waals surface area contributed by atoms with Crippen LogP contribution in [0.3, 0.4) is 0 Å². The summed E-state index contributed by atoms with van der Waals surface area (Å²) in [5.74, 6) is 1.80. The Morgan fingerprint density at radius 1 is 1.25 bits per heavy atom. The van der Waals surface area contributed by atoms with E-state index in [2.05, 4.69) is 5.16 Å². The van der Waals surface area contributed by atoms with E-state index in [1.165, 1.54) is 0 Å². The number of hydrogen-bond donors (Lipinski definition) is 0. The largest absolute Gasteiger partial charge is 0.385 e. The van der Waals surface area contributed by atoms with Gasteiger partial charge in [0.2, 0.25) is 5.89 Å². The number of aromatic nitrogens is 2.